The van der Waals surface area contributed by atoms with Gasteiger partial charge in [0.15, 0.2) is 5.82 Å². The van der Waals surface area contributed by atoms with Crippen LogP contribution in [0.1, 0.15) is 50.2 Å². The van der Waals surface area contributed by atoms with E-state index in [1.54, 1.807) is 0 Å². The summed E-state index contributed by atoms with van der Waals surface area (Å²) >= 11 is 0. The number of aromatic nitrogens is 4. The fraction of sp³-hybridized carbons (Fsp3) is 0.471. The predicted octanol–water partition coefficient (Wildman–Crippen LogP) is 3.45. The van der Waals surface area contributed by atoms with Gasteiger partial charge >= 0.3 is 0 Å². The van der Waals surface area contributed by atoms with Crippen LogP contribution in [-0.4, -0.2) is 33.2 Å². The van der Waals surface area contributed by atoms with Crippen LogP contribution in [0.25, 0.3) is 11.0 Å². The summed E-state index contributed by atoms with van der Waals surface area (Å²) < 4.78 is 5.49. The van der Waals surface area contributed by atoms with Gasteiger partial charge in [0.2, 0.25) is 5.89 Å². The SMILES string of the molecule is CC(C)c1noc([C@H]2CCCN(c3ccc4cc[nH]c4n3)C2)n1. The van der Waals surface area contributed by atoms with E-state index in [-0.39, 0.29) is 5.92 Å². The molecule has 0 unspecified atom stereocenters. The highest BCUT2D eigenvalue weighted by Crippen LogP contribution is 2.29. The number of nitrogens with one attached hydrogen (secondary N) is 1. The van der Waals surface area contributed by atoms with E-state index in [2.05, 4.69) is 46.0 Å². The molecule has 3 aromatic rings. The Kier molecular flexibility index (Phi) is 3.52. The Morgan fingerprint density at radius 2 is 2.17 bits per heavy atom. The lowest BCUT2D eigenvalue weighted by Crippen LogP contribution is -2.35. The van der Waals surface area contributed by atoms with E-state index in [1.165, 1.54) is 0 Å². The quantitative estimate of drug-likeness (QED) is 0.802. The molecule has 0 amide bonds. The van der Waals surface area contributed by atoms with Crippen LogP contribution < -0.4 is 4.90 Å². The highest BCUT2D eigenvalue weighted by Gasteiger charge is 2.27. The Morgan fingerprint density at radius 1 is 1.26 bits per heavy atom. The third-order valence-electron chi connectivity index (χ3n) is 4.46. The fourth-order valence-corrected chi connectivity index (χ4v) is 3.13. The number of fused-ring (bicyclic) bond motifs is 1. The van der Waals surface area contributed by atoms with E-state index in [9.17, 15) is 0 Å². The van der Waals surface area contributed by atoms with Crippen molar-refractivity contribution >= 4 is 16.9 Å². The first-order chi connectivity index (χ1) is 11.2. The van der Waals surface area contributed by atoms with Gasteiger partial charge in [0.1, 0.15) is 11.5 Å². The topological polar surface area (TPSA) is 70.8 Å². The van der Waals surface area contributed by atoms with Crippen molar-refractivity contribution in [1.29, 1.82) is 0 Å². The molecular weight excluding hydrogens is 290 g/mol. The lowest BCUT2D eigenvalue weighted by molar-refractivity contribution is 0.329. The van der Waals surface area contributed by atoms with Crippen molar-refractivity contribution in [1.82, 2.24) is 20.1 Å². The summed E-state index contributed by atoms with van der Waals surface area (Å²) in [6.45, 7) is 6.05. The molecular formula is C17H21N5O. The monoisotopic (exact) mass is 311 g/mol. The molecule has 120 valence electrons. The first-order valence-corrected chi connectivity index (χ1v) is 8.23. The molecule has 1 saturated heterocycles. The second kappa shape index (κ2) is 5.68. The second-order valence-electron chi connectivity index (χ2n) is 6.52. The molecule has 0 bridgehead atoms. The molecule has 3 aromatic heterocycles. The largest absolute Gasteiger partial charge is 0.356 e. The van der Waals surface area contributed by atoms with Crippen molar-refractivity contribution in [2.45, 2.75) is 38.5 Å². The molecule has 4 rings (SSSR count). The number of H-pyrrole nitrogens is 1. The molecule has 1 aliphatic rings. The number of nitrogens with zero attached hydrogens (tertiary/aromatic N) is 4. The molecule has 23 heavy (non-hydrogen) atoms. The molecule has 1 aliphatic heterocycles. The van der Waals surface area contributed by atoms with Crippen LogP contribution in [0.15, 0.2) is 28.9 Å². The van der Waals surface area contributed by atoms with E-state index >= 15 is 0 Å². The van der Waals surface area contributed by atoms with Crippen LogP contribution in [0.5, 0.6) is 0 Å². The molecule has 1 N–H and O–H groups in total. The predicted molar refractivity (Wildman–Crippen MR) is 88.7 cm³/mol. The van der Waals surface area contributed by atoms with Gasteiger partial charge in [-0.2, -0.15) is 4.98 Å². The smallest absolute Gasteiger partial charge is 0.231 e. The van der Waals surface area contributed by atoms with E-state index in [4.69, 9.17) is 9.51 Å². The lowest BCUT2D eigenvalue weighted by Gasteiger charge is -2.31. The van der Waals surface area contributed by atoms with Crippen LogP contribution in [0, 0.1) is 0 Å². The van der Waals surface area contributed by atoms with E-state index in [0.717, 1.165) is 54.5 Å². The van der Waals surface area contributed by atoms with Gasteiger partial charge in [-0.05, 0) is 31.0 Å². The number of rotatable bonds is 3. The van der Waals surface area contributed by atoms with Crippen molar-refractivity contribution in [2.24, 2.45) is 0 Å². The van der Waals surface area contributed by atoms with Crippen LogP contribution >= 0.6 is 0 Å². The summed E-state index contributed by atoms with van der Waals surface area (Å²) in [4.78, 5) is 14.8. The third kappa shape index (κ3) is 2.69. The van der Waals surface area contributed by atoms with Gasteiger partial charge in [-0.15, -0.1) is 0 Å². The van der Waals surface area contributed by atoms with E-state index in [1.807, 2.05) is 12.3 Å². The summed E-state index contributed by atoms with van der Waals surface area (Å²) in [5.41, 5.74) is 0.935. The summed E-state index contributed by atoms with van der Waals surface area (Å²) in [5.74, 6) is 3.14. The molecule has 1 atom stereocenters. The maximum absolute atomic E-state index is 5.49. The second-order valence-corrected chi connectivity index (χ2v) is 6.52. The minimum absolute atomic E-state index is 0.282. The fourth-order valence-electron chi connectivity index (χ4n) is 3.13. The maximum atomic E-state index is 5.49. The highest BCUT2D eigenvalue weighted by molar-refractivity contribution is 5.77. The van der Waals surface area contributed by atoms with Crippen LogP contribution in [0.3, 0.4) is 0 Å². The molecule has 1 fully saturated rings. The van der Waals surface area contributed by atoms with Gasteiger partial charge in [0.05, 0.1) is 5.92 Å². The first-order valence-electron chi connectivity index (χ1n) is 8.23. The van der Waals surface area contributed by atoms with Crippen molar-refractivity contribution in [3.8, 4) is 0 Å². The van der Waals surface area contributed by atoms with Gasteiger partial charge in [-0.3, -0.25) is 0 Å². The molecule has 0 aliphatic carbocycles. The zero-order chi connectivity index (χ0) is 15.8. The number of hydrogen-bond acceptors (Lipinski definition) is 5. The molecule has 0 aromatic carbocycles. The number of pyridine rings is 1. The van der Waals surface area contributed by atoms with Gasteiger partial charge in [-0.25, -0.2) is 4.98 Å². The highest BCUT2D eigenvalue weighted by atomic mass is 16.5. The van der Waals surface area contributed by atoms with E-state index < -0.39 is 0 Å². The molecule has 0 radical (unpaired) electrons. The average Bonchev–Trinajstić information content (AvgIpc) is 3.23. The minimum atomic E-state index is 0.282. The van der Waals surface area contributed by atoms with Crippen LogP contribution in [-0.2, 0) is 0 Å². The number of anilines is 1. The number of aromatic amines is 1. The van der Waals surface area contributed by atoms with Crippen LogP contribution in [0.2, 0.25) is 0 Å². The average molecular weight is 311 g/mol. The van der Waals surface area contributed by atoms with Crippen molar-refractivity contribution in [3.05, 3.63) is 36.1 Å². The summed E-state index contributed by atoms with van der Waals surface area (Å²) in [6, 6.07) is 6.24. The first kappa shape index (κ1) is 14.2. The Hall–Kier alpha value is -2.37. The van der Waals surface area contributed by atoms with E-state index in [0.29, 0.717) is 5.92 Å². The standard InChI is InChI=1S/C17H21N5O/c1-11(2)15-20-17(23-21-15)13-4-3-9-22(10-13)14-6-5-12-7-8-18-16(12)19-14/h5-8,11,13H,3-4,9-10H2,1-2H3,(H,18,19)/t13-/m0/s1. The van der Waals surface area contributed by atoms with Crippen molar-refractivity contribution in [3.63, 3.8) is 0 Å². The van der Waals surface area contributed by atoms with Crippen molar-refractivity contribution < 1.29 is 4.52 Å². The maximum Gasteiger partial charge on any atom is 0.231 e. The summed E-state index contributed by atoms with van der Waals surface area (Å²) in [5, 5.41) is 5.24. The van der Waals surface area contributed by atoms with Gasteiger partial charge in [-0.1, -0.05) is 19.0 Å². The Morgan fingerprint density at radius 3 is 3.00 bits per heavy atom. The molecule has 4 heterocycles. The molecule has 6 heteroatoms. The minimum Gasteiger partial charge on any atom is -0.356 e. The van der Waals surface area contributed by atoms with Crippen LogP contribution in [0.4, 0.5) is 5.82 Å². The Bertz CT molecular complexity index is 806. The third-order valence-corrected chi connectivity index (χ3v) is 4.46. The Labute approximate surface area is 134 Å². The van der Waals surface area contributed by atoms with Gasteiger partial charge < -0.3 is 14.4 Å². The number of hydrogen-bond donors (Lipinski definition) is 1. The zero-order valence-electron chi connectivity index (χ0n) is 13.5. The van der Waals surface area contributed by atoms with Gasteiger partial charge in [0.25, 0.3) is 0 Å². The molecule has 6 nitrogen and oxygen atoms in total. The van der Waals surface area contributed by atoms with Crippen molar-refractivity contribution in [2.75, 3.05) is 18.0 Å². The lowest BCUT2D eigenvalue weighted by atomic mass is 9.98. The normalized spacial score (nSPS) is 18.9. The summed E-state index contributed by atoms with van der Waals surface area (Å²) in [7, 11) is 0. The Balaban J connectivity index is 1.55. The van der Waals surface area contributed by atoms with Gasteiger partial charge in [0, 0.05) is 30.6 Å². The summed E-state index contributed by atoms with van der Waals surface area (Å²) in [6.07, 6.45) is 4.11. The molecule has 0 spiro atoms. The zero-order valence-corrected chi connectivity index (χ0v) is 13.5. The number of piperidine rings is 1. The molecule has 0 saturated carbocycles.